The van der Waals surface area contributed by atoms with Crippen LogP contribution < -0.4 is 0 Å². The molecule has 0 amide bonds. The van der Waals surface area contributed by atoms with Crippen LogP contribution in [0.4, 0.5) is 0 Å². The summed E-state index contributed by atoms with van der Waals surface area (Å²) in [6.45, 7) is 8.74. The molecule has 1 N–H and O–H groups in total. The summed E-state index contributed by atoms with van der Waals surface area (Å²) in [5.41, 5.74) is 0.0154. The molecule has 1 heterocycles. The smallest absolute Gasteiger partial charge is 0.168 e. The fourth-order valence-electron chi connectivity index (χ4n) is 3.25. The molecular formula is C13H27NO2. The molecule has 3 heteroatoms. The predicted octanol–water partition coefficient (Wildman–Crippen LogP) is 2.38. The van der Waals surface area contributed by atoms with Gasteiger partial charge in [0.05, 0.1) is 0 Å². The van der Waals surface area contributed by atoms with Crippen molar-refractivity contribution in [3.63, 3.8) is 0 Å². The molecule has 0 radical (unpaired) electrons. The van der Waals surface area contributed by atoms with Crippen molar-refractivity contribution >= 4 is 0 Å². The predicted molar refractivity (Wildman–Crippen MR) is 66.3 cm³/mol. The zero-order valence-electron chi connectivity index (χ0n) is 11.6. The largest absolute Gasteiger partial charge is 0.365 e. The fraction of sp³-hybridized carbons (Fsp3) is 1.00. The second-order valence-corrected chi connectivity index (χ2v) is 5.81. The molecule has 1 fully saturated rings. The Morgan fingerprint density at radius 1 is 1.19 bits per heavy atom. The standard InChI is InChI=1S/C13H27NO2/c1-7-12(8-2)10-13(15,16-6)9-11(3,4)14(12)5/h15H,7-10H2,1-6H3. The molecule has 1 aliphatic heterocycles. The first-order chi connectivity index (χ1) is 7.25. The van der Waals surface area contributed by atoms with Crippen molar-refractivity contribution in [1.82, 2.24) is 4.90 Å². The molecular weight excluding hydrogens is 202 g/mol. The summed E-state index contributed by atoms with van der Waals surface area (Å²) in [5.74, 6) is -0.970. The zero-order chi connectivity index (χ0) is 12.6. The number of hydrogen-bond acceptors (Lipinski definition) is 3. The highest BCUT2D eigenvalue weighted by molar-refractivity contribution is 5.04. The Hall–Kier alpha value is -0.120. The van der Waals surface area contributed by atoms with Crippen LogP contribution in [0.15, 0.2) is 0 Å². The van der Waals surface area contributed by atoms with Crippen molar-refractivity contribution in [1.29, 1.82) is 0 Å². The number of methoxy groups -OCH3 is 1. The van der Waals surface area contributed by atoms with Gasteiger partial charge in [-0.05, 0) is 33.7 Å². The van der Waals surface area contributed by atoms with Gasteiger partial charge in [-0.15, -0.1) is 0 Å². The number of aliphatic hydroxyl groups is 1. The number of nitrogens with zero attached hydrogens (tertiary/aromatic N) is 1. The van der Waals surface area contributed by atoms with Gasteiger partial charge in [0.1, 0.15) is 0 Å². The van der Waals surface area contributed by atoms with Gasteiger partial charge in [-0.3, -0.25) is 4.90 Å². The summed E-state index contributed by atoms with van der Waals surface area (Å²) in [6, 6.07) is 0. The summed E-state index contributed by atoms with van der Waals surface area (Å²) in [7, 11) is 3.78. The minimum Gasteiger partial charge on any atom is -0.365 e. The molecule has 1 rings (SSSR count). The molecule has 1 atom stereocenters. The van der Waals surface area contributed by atoms with E-state index in [0.29, 0.717) is 12.8 Å². The average molecular weight is 229 g/mol. The van der Waals surface area contributed by atoms with Gasteiger partial charge in [0.2, 0.25) is 0 Å². The molecule has 1 unspecified atom stereocenters. The van der Waals surface area contributed by atoms with E-state index in [1.54, 1.807) is 7.11 Å². The third kappa shape index (κ3) is 2.13. The van der Waals surface area contributed by atoms with E-state index in [0.717, 1.165) is 12.8 Å². The lowest BCUT2D eigenvalue weighted by Crippen LogP contribution is -2.66. The van der Waals surface area contributed by atoms with E-state index in [4.69, 9.17) is 4.74 Å². The molecule has 1 saturated heterocycles. The van der Waals surface area contributed by atoms with Gasteiger partial charge in [0.15, 0.2) is 5.79 Å². The van der Waals surface area contributed by atoms with Gasteiger partial charge in [-0.2, -0.15) is 0 Å². The normalized spacial score (nSPS) is 33.9. The Bertz CT molecular complexity index is 246. The first-order valence-corrected chi connectivity index (χ1v) is 6.27. The van der Waals surface area contributed by atoms with Gasteiger partial charge < -0.3 is 9.84 Å². The number of piperidine rings is 1. The Morgan fingerprint density at radius 2 is 1.69 bits per heavy atom. The molecule has 0 aliphatic carbocycles. The molecule has 3 nitrogen and oxygen atoms in total. The zero-order valence-corrected chi connectivity index (χ0v) is 11.6. The molecule has 0 aromatic carbocycles. The van der Waals surface area contributed by atoms with Crippen molar-refractivity contribution in [2.45, 2.75) is 70.2 Å². The molecule has 0 saturated carbocycles. The van der Waals surface area contributed by atoms with E-state index >= 15 is 0 Å². The summed E-state index contributed by atoms with van der Waals surface area (Å²) >= 11 is 0. The summed E-state index contributed by atoms with van der Waals surface area (Å²) in [5, 5.41) is 10.5. The molecule has 16 heavy (non-hydrogen) atoms. The third-order valence-electron chi connectivity index (χ3n) is 4.63. The van der Waals surface area contributed by atoms with Crippen LogP contribution in [0.2, 0.25) is 0 Å². The van der Waals surface area contributed by atoms with Crippen molar-refractivity contribution in [2.75, 3.05) is 14.2 Å². The lowest BCUT2D eigenvalue weighted by atomic mass is 9.72. The first kappa shape index (κ1) is 13.9. The Balaban J connectivity index is 3.10. The maximum Gasteiger partial charge on any atom is 0.168 e. The van der Waals surface area contributed by atoms with Crippen LogP contribution in [0, 0.1) is 0 Å². The van der Waals surface area contributed by atoms with Crippen molar-refractivity contribution in [3.8, 4) is 0 Å². The fourth-order valence-corrected chi connectivity index (χ4v) is 3.25. The molecule has 0 bridgehead atoms. The van der Waals surface area contributed by atoms with E-state index in [-0.39, 0.29) is 11.1 Å². The van der Waals surface area contributed by atoms with Crippen LogP contribution in [0.3, 0.4) is 0 Å². The molecule has 1 aliphatic rings. The van der Waals surface area contributed by atoms with E-state index in [1.807, 2.05) is 0 Å². The van der Waals surface area contributed by atoms with E-state index in [9.17, 15) is 5.11 Å². The number of ether oxygens (including phenoxy) is 1. The Morgan fingerprint density at radius 3 is 2.06 bits per heavy atom. The lowest BCUT2D eigenvalue weighted by Gasteiger charge is -2.58. The van der Waals surface area contributed by atoms with Crippen molar-refractivity contribution < 1.29 is 9.84 Å². The lowest BCUT2D eigenvalue weighted by molar-refractivity contribution is -0.260. The molecule has 96 valence electrons. The summed E-state index contributed by atoms with van der Waals surface area (Å²) < 4.78 is 5.35. The van der Waals surface area contributed by atoms with Crippen molar-refractivity contribution in [2.24, 2.45) is 0 Å². The first-order valence-electron chi connectivity index (χ1n) is 6.27. The molecule has 0 aromatic rings. The molecule has 0 spiro atoms. The average Bonchev–Trinajstić information content (AvgIpc) is 2.23. The highest BCUT2D eigenvalue weighted by atomic mass is 16.6. The number of hydrogen-bond donors (Lipinski definition) is 1. The van der Waals surface area contributed by atoms with Crippen LogP contribution in [-0.4, -0.2) is 41.0 Å². The second kappa shape index (κ2) is 4.28. The van der Waals surface area contributed by atoms with Crippen molar-refractivity contribution in [3.05, 3.63) is 0 Å². The number of likely N-dealkylation sites (tertiary alicyclic amines) is 1. The summed E-state index contributed by atoms with van der Waals surface area (Å²) in [4.78, 5) is 2.42. The quantitative estimate of drug-likeness (QED) is 0.754. The van der Waals surface area contributed by atoms with Gasteiger partial charge in [-0.25, -0.2) is 0 Å². The second-order valence-electron chi connectivity index (χ2n) is 5.81. The Kier molecular flexibility index (Phi) is 3.73. The maximum absolute atomic E-state index is 10.5. The monoisotopic (exact) mass is 229 g/mol. The van der Waals surface area contributed by atoms with Crippen LogP contribution in [0.5, 0.6) is 0 Å². The Labute approximate surface area is 99.8 Å². The number of rotatable bonds is 3. The van der Waals surface area contributed by atoms with E-state index < -0.39 is 5.79 Å². The van der Waals surface area contributed by atoms with E-state index in [1.165, 1.54) is 0 Å². The SMILES string of the molecule is CCC1(CC)CC(O)(OC)CC(C)(C)N1C. The van der Waals surface area contributed by atoms with E-state index in [2.05, 4.69) is 39.6 Å². The third-order valence-corrected chi connectivity index (χ3v) is 4.63. The minimum absolute atomic E-state index is 0.0327. The maximum atomic E-state index is 10.5. The van der Waals surface area contributed by atoms with Gasteiger partial charge >= 0.3 is 0 Å². The van der Waals surface area contributed by atoms with Crippen LogP contribution in [0.1, 0.15) is 53.4 Å². The molecule has 0 aromatic heterocycles. The van der Waals surface area contributed by atoms with Gasteiger partial charge in [0, 0.05) is 31.0 Å². The van der Waals surface area contributed by atoms with Crippen LogP contribution >= 0.6 is 0 Å². The highest BCUT2D eigenvalue weighted by Crippen LogP contribution is 2.45. The van der Waals surface area contributed by atoms with Crippen LogP contribution in [-0.2, 0) is 4.74 Å². The topological polar surface area (TPSA) is 32.7 Å². The summed E-state index contributed by atoms with van der Waals surface area (Å²) in [6.07, 6.45) is 3.43. The van der Waals surface area contributed by atoms with Gasteiger partial charge in [-0.1, -0.05) is 13.8 Å². The highest BCUT2D eigenvalue weighted by Gasteiger charge is 2.52. The minimum atomic E-state index is -0.970. The van der Waals surface area contributed by atoms with Crippen LogP contribution in [0.25, 0.3) is 0 Å². The van der Waals surface area contributed by atoms with Gasteiger partial charge in [0.25, 0.3) is 0 Å².